The van der Waals surface area contributed by atoms with Crippen LogP contribution in [0.2, 0.25) is 0 Å². The van der Waals surface area contributed by atoms with E-state index in [2.05, 4.69) is 134 Å². The van der Waals surface area contributed by atoms with Crippen molar-refractivity contribution in [3.8, 4) is 22.3 Å². The molecule has 1 nitrogen and oxygen atoms in total. The molecule has 1 heteroatoms. The molecule has 2 bridgehead atoms. The summed E-state index contributed by atoms with van der Waals surface area (Å²) in [6.45, 7) is 4.73. The van der Waals surface area contributed by atoms with Gasteiger partial charge in [-0.2, -0.15) is 0 Å². The molecule has 47 heavy (non-hydrogen) atoms. The van der Waals surface area contributed by atoms with E-state index in [1.54, 1.807) is 5.56 Å². The highest BCUT2D eigenvalue weighted by atomic mass is 15.1. The molecule has 0 N–H and O–H groups in total. The lowest BCUT2D eigenvalue weighted by Gasteiger charge is -2.28. The van der Waals surface area contributed by atoms with Crippen LogP contribution in [0, 0.1) is 11.8 Å². The maximum absolute atomic E-state index is 2.46. The Balaban J connectivity index is 1.05. The van der Waals surface area contributed by atoms with E-state index in [0.29, 0.717) is 0 Å². The summed E-state index contributed by atoms with van der Waals surface area (Å²) in [5.41, 5.74) is 14.9. The maximum atomic E-state index is 2.46. The molecule has 0 saturated heterocycles. The summed E-state index contributed by atoms with van der Waals surface area (Å²) >= 11 is 0. The fourth-order valence-corrected chi connectivity index (χ4v) is 9.99. The zero-order chi connectivity index (χ0) is 31.5. The van der Waals surface area contributed by atoms with Gasteiger partial charge >= 0.3 is 0 Å². The average Bonchev–Trinajstić information content (AvgIpc) is 3.83. The third-order valence-electron chi connectivity index (χ3n) is 12.6. The first kappa shape index (κ1) is 29.1. The molecular formula is C46H47N. The van der Waals surface area contributed by atoms with Gasteiger partial charge in [0.05, 0.1) is 0 Å². The van der Waals surface area contributed by atoms with E-state index in [-0.39, 0.29) is 5.41 Å². The molecule has 5 aromatic carbocycles. The van der Waals surface area contributed by atoms with Crippen molar-refractivity contribution in [2.45, 2.75) is 88.9 Å². The van der Waals surface area contributed by atoms with E-state index < -0.39 is 0 Å². The predicted molar refractivity (Wildman–Crippen MR) is 198 cm³/mol. The summed E-state index contributed by atoms with van der Waals surface area (Å²) < 4.78 is 0. The van der Waals surface area contributed by atoms with Crippen molar-refractivity contribution in [3.05, 3.63) is 138 Å². The third-order valence-corrected chi connectivity index (χ3v) is 12.6. The fourth-order valence-electron chi connectivity index (χ4n) is 9.99. The van der Waals surface area contributed by atoms with E-state index >= 15 is 0 Å². The van der Waals surface area contributed by atoms with Crippen molar-refractivity contribution >= 4 is 17.1 Å². The molecule has 3 saturated carbocycles. The lowest BCUT2D eigenvalue weighted by molar-refractivity contribution is 0.420. The van der Waals surface area contributed by atoms with Crippen molar-refractivity contribution in [1.82, 2.24) is 0 Å². The van der Waals surface area contributed by atoms with Gasteiger partial charge in [0.15, 0.2) is 0 Å². The van der Waals surface area contributed by atoms with Crippen LogP contribution in [-0.2, 0) is 5.41 Å². The predicted octanol–water partition coefficient (Wildman–Crippen LogP) is 13.1. The monoisotopic (exact) mass is 613 g/mol. The zero-order valence-electron chi connectivity index (χ0n) is 28.1. The van der Waals surface area contributed by atoms with Gasteiger partial charge in [-0.25, -0.2) is 0 Å². The van der Waals surface area contributed by atoms with E-state index in [4.69, 9.17) is 0 Å². The maximum Gasteiger partial charge on any atom is 0.0462 e. The number of fused-ring (bicyclic) bond motifs is 5. The molecular weight excluding hydrogens is 567 g/mol. The minimum absolute atomic E-state index is 0.00662. The van der Waals surface area contributed by atoms with E-state index in [1.165, 1.54) is 114 Å². The Bertz CT molecular complexity index is 1890. The second-order valence-electron chi connectivity index (χ2n) is 15.6. The Morgan fingerprint density at radius 1 is 0.532 bits per heavy atom. The van der Waals surface area contributed by atoms with Crippen LogP contribution in [0.5, 0.6) is 0 Å². The lowest BCUT2D eigenvalue weighted by Crippen LogP contribution is -2.14. The highest BCUT2D eigenvalue weighted by Gasteiger charge is 2.40. The number of nitrogens with zero attached hydrogens (tertiary/aromatic N) is 1. The molecule has 0 heterocycles. The molecule has 0 amide bonds. The molecule has 0 aromatic heterocycles. The Morgan fingerprint density at radius 3 is 1.81 bits per heavy atom. The smallest absolute Gasteiger partial charge is 0.0462 e. The number of hydrogen-bond donors (Lipinski definition) is 0. The van der Waals surface area contributed by atoms with Crippen LogP contribution in [0.1, 0.15) is 106 Å². The largest absolute Gasteiger partial charge is 0.311 e. The first-order valence-electron chi connectivity index (χ1n) is 18.4. The number of hydrogen-bond acceptors (Lipinski definition) is 1. The number of rotatable bonds is 6. The van der Waals surface area contributed by atoms with Gasteiger partial charge in [-0.15, -0.1) is 0 Å². The summed E-state index contributed by atoms with van der Waals surface area (Å²) in [7, 11) is 0. The molecule has 0 aliphatic heterocycles. The second-order valence-corrected chi connectivity index (χ2v) is 15.6. The van der Waals surface area contributed by atoms with Crippen molar-refractivity contribution in [2.75, 3.05) is 4.90 Å². The Morgan fingerprint density at radius 2 is 1.15 bits per heavy atom. The van der Waals surface area contributed by atoms with Gasteiger partial charge in [0.1, 0.15) is 0 Å². The molecule has 3 fully saturated rings. The normalized spacial score (nSPS) is 22.6. The van der Waals surface area contributed by atoms with Crippen molar-refractivity contribution in [1.29, 1.82) is 0 Å². The van der Waals surface area contributed by atoms with E-state index in [0.717, 1.165) is 23.7 Å². The summed E-state index contributed by atoms with van der Waals surface area (Å²) in [4.78, 5) is 2.46. The van der Waals surface area contributed by atoms with Crippen LogP contribution in [0.3, 0.4) is 0 Å². The number of anilines is 3. The highest BCUT2D eigenvalue weighted by Crippen LogP contribution is 2.53. The average molecular weight is 614 g/mol. The Hall–Kier alpha value is -4.10. The highest BCUT2D eigenvalue weighted by molar-refractivity contribution is 5.84. The van der Waals surface area contributed by atoms with Crippen molar-refractivity contribution in [2.24, 2.45) is 11.8 Å². The molecule has 4 aliphatic rings. The van der Waals surface area contributed by atoms with Gasteiger partial charge in [0.2, 0.25) is 0 Å². The summed E-state index contributed by atoms with van der Waals surface area (Å²) in [6, 6.07) is 44.4. The first-order chi connectivity index (χ1) is 23.0. The molecule has 0 radical (unpaired) electrons. The van der Waals surface area contributed by atoms with Crippen LogP contribution in [-0.4, -0.2) is 0 Å². The van der Waals surface area contributed by atoms with Gasteiger partial charge in [0, 0.05) is 22.5 Å². The SMILES string of the molecule is CC1(C)c2ccccc2-c2ccc(-c3ccc(N(c4ccc(C5CCCCC5)cc4)c4ccc(C5CC6CCC5C6)cc4)cc3)cc21. The molecule has 3 atom stereocenters. The van der Waals surface area contributed by atoms with E-state index in [9.17, 15) is 0 Å². The topological polar surface area (TPSA) is 3.24 Å². The Labute approximate surface area is 281 Å². The van der Waals surface area contributed by atoms with Crippen LogP contribution in [0.25, 0.3) is 22.3 Å². The zero-order valence-corrected chi connectivity index (χ0v) is 28.1. The van der Waals surface area contributed by atoms with Crippen LogP contribution < -0.4 is 4.90 Å². The van der Waals surface area contributed by atoms with Gasteiger partial charge in [-0.1, -0.05) is 112 Å². The van der Waals surface area contributed by atoms with Gasteiger partial charge in [-0.3, -0.25) is 0 Å². The summed E-state index contributed by atoms with van der Waals surface area (Å²) in [6.07, 6.45) is 12.5. The molecule has 3 unspecified atom stereocenters. The van der Waals surface area contributed by atoms with Gasteiger partial charge in [0.25, 0.3) is 0 Å². The molecule has 4 aliphatic carbocycles. The van der Waals surface area contributed by atoms with E-state index in [1.807, 2.05) is 0 Å². The minimum Gasteiger partial charge on any atom is -0.311 e. The summed E-state index contributed by atoms with van der Waals surface area (Å²) in [5, 5.41) is 0. The molecule has 0 spiro atoms. The summed E-state index contributed by atoms with van der Waals surface area (Å²) in [5.74, 6) is 3.35. The fraction of sp³-hybridized carbons (Fsp3) is 0.348. The standard InChI is InChI=1S/C46H47N/c1-46(2)44-11-7-6-10-41(44)42-27-20-36(30-45(42)46)34-16-23-39(24-17-34)47(38-21-14-33(15-22-38)32-8-4-3-5-9-32)40-25-18-35(19-26-40)43-29-31-12-13-37(43)28-31/h6-7,10-11,14-27,30-32,37,43H,3-5,8-9,12-13,28-29H2,1-2H3. The van der Waals surface area contributed by atoms with Gasteiger partial charge in [-0.05, 0) is 143 Å². The minimum atomic E-state index is 0.00662. The third kappa shape index (κ3) is 5.05. The lowest BCUT2D eigenvalue weighted by atomic mass is 9.81. The van der Waals surface area contributed by atoms with Crippen molar-refractivity contribution < 1.29 is 0 Å². The molecule has 236 valence electrons. The first-order valence-corrected chi connectivity index (χ1v) is 18.4. The number of benzene rings is 5. The second kappa shape index (κ2) is 11.6. The quantitative estimate of drug-likeness (QED) is 0.184. The van der Waals surface area contributed by atoms with Crippen LogP contribution in [0.15, 0.2) is 115 Å². The van der Waals surface area contributed by atoms with Gasteiger partial charge < -0.3 is 4.90 Å². The molecule has 9 rings (SSSR count). The molecule has 5 aromatic rings. The Kier molecular flexibility index (Phi) is 7.14. The van der Waals surface area contributed by atoms with Crippen molar-refractivity contribution in [3.63, 3.8) is 0 Å². The van der Waals surface area contributed by atoms with Crippen LogP contribution in [0.4, 0.5) is 17.1 Å². The van der Waals surface area contributed by atoms with Crippen LogP contribution >= 0.6 is 0 Å².